The Balaban J connectivity index is 2.64. The second-order valence-corrected chi connectivity index (χ2v) is 6.12. The Morgan fingerprint density at radius 3 is 2.48 bits per heavy atom. The van der Waals surface area contributed by atoms with Crippen molar-refractivity contribution in [2.45, 2.75) is 26.4 Å². The van der Waals surface area contributed by atoms with Crippen LogP contribution in [-0.4, -0.2) is 29.1 Å². The zero-order valence-electron chi connectivity index (χ0n) is 12.0. The van der Waals surface area contributed by atoms with Crippen molar-refractivity contribution in [2.24, 2.45) is 5.92 Å². The van der Waals surface area contributed by atoms with E-state index in [1.165, 1.54) is 12.1 Å². The molecule has 1 rings (SSSR count). The Hall–Kier alpha value is -1.30. The number of amides is 2. The molecule has 0 saturated carbocycles. The van der Waals surface area contributed by atoms with Crippen LogP contribution >= 0.6 is 23.2 Å². The van der Waals surface area contributed by atoms with Crippen LogP contribution in [0.3, 0.4) is 0 Å². The molecule has 0 saturated heterocycles. The Kier molecular flexibility index (Phi) is 6.01. The fraction of sp³-hybridized carbons (Fsp3) is 0.429. The minimum absolute atomic E-state index is 0.0276. The van der Waals surface area contributed by atoms with Gasteiger partial charge in [-0.2, -0.15) is 0 Å². The van der Waals surface area contributed by atoms with Crippen molar-refractivity contribution in [3.63, 3.8) is 0 Å². The molecule has 1 atom stereocenters. The van der Waals surface area contributed by atoms with Crippen LogP contribution in [0, 0.1) is 5.92 Å². The molecule has 21 heavy (non-hydrogen) atoms. The Bertz CT molecular complexity index is 545. The summed E-state index contributed by atoms with van der Waals surface area (Å²) in [4.78, 5) is 23.5. The van der Waals surface area contributed by atoms with Crippen LogP contribution in [-0.2, 0) is 9.59 Å². The molecule has 1 aromatic rings. The third-order valence-corrected chi connectivity index (χ3v) is 3.80. The topological polar surface area (TPSA) is 78.4 Å². The molecule has 7 heteroatoms. The zero-order valence-corrected chi connectivity index (χ0v) is 13.5. The van der Waals surface area contributed by atoms with Gasteiger partial charge in [-0.3, -0.25) is 9.59 Å². The molecule has 1 unspecified atom stereocenters. The van der Waals surface area contributed by atoms with Crippen LogP contribution < -0.4 is 10.6 Å². The number of aliphatic hydroxyl groups is 1. The van der Waals surface area contributed by atoms with Crippen LogP contribution in [0.2, 0.25) is 10.0 Å². The van der Waals surface area contributed by atoms with E-state index in [-0.39, 0.29) is 23.2 Å². The van der Waals surface area contributed by atoms with Crippen LogP contribution in [0.4, 0.5) is 5.69 Å². The molecule has 2 amide bonds. The van der Waals surface area contributed by atoms with Gasteiger partial charge in [0.1, 0.15) is 0 Å². The molecule has 0 aliphatic heterocycles. The number of rotatable bonds is 4. The average molecular weight is 333 g/mol. The minimum atomic E-state index is -1.09. The first-order valence-corrected chi connectivity index (χ1v) is 7.15. The quantitative estimate of drug-likeness (QED) is 0.741. The number of carbonyl (C=O) groups is 2. The third kappa shape index (κ3) is 5.19. The van der Waals surface area contributed by atoms with Gasteiger partial charge in [0.2, 0.25) is 0 Å². The molecule has 0 radical (unpaired) electrons. The first-order chi connectivity index (χ1) is 9.63. The molecule has 3 N–H and O–H groups in total. The predicted molar refractivity (Wildman–Crippen MR) is 83.6 cm³/mol. The second kappa shape index (κ2) is 7.11. The highest BCUT2D eigenvalue weighted by Crippen LogP contribution is 2.25. The molecule has 0 spiro atoms. The van der Waals surface area contributed by atoms with E-state index in [0.717, 1.165) is 0 Å². The van der Waals surface area contributed by atoms with Gasteiger partial charge in [-0.1, -0.05) is 37.0 Å². The Morgan fingerprint density at radius 2 is 1.90 bits per heavy atom. The van der Waals surface area contributed by atoms with Gasteiger partial charge >= 0.3 is 11.8 Å². The van der Waals surface area contributed by atoms with E-state index in [2.05, 4.69) is 10.6 Å². The summed E-state index contributed by atoms with van der Waals surface area (Å²) in [7, 11) is 0. The third-order valence-electron chi connectivity index (χ3n) is 3.23. The molecular weight excluding hydrogens is 315 g/mol. The SMILES string of the molecule is CC(C)C(C)(O)CNC(=O)C(=O)Nc1cc(Cl)ccc1Cl. The van der Waals surface area contributed by atoms with E-state index < -0.39 is 17.4 Å². The van der Waals surface area contributed by atoms with Gasteiger partial charge in [0.05, 0.1) is 16.3 Å². The molecule has 5 nitrogen and oxygen atoms in total. The van der Waals surface area contributed by atoms with Crippen molar-refractivity contribution < 1.29 is 14.7 Å². The van der Waals surface area contributed by atoms with E-state index >= 15 is 0 Å². The van der Waals surface area contributed by atoms with Gasteiger partial charge in [-0.05, 0) is 31.0 Å². The van der Waals surface area contributed by atoms with E-state index in [9.17, 15) is 14.7 Å². The molecule has 1 aromatic carbocycles. The first-order valence-electron chi connectivity index (χ1n) is 6.40. The Morgan fingerprint density at radius 1 is 1.29 bits per heavy atom. The normalized spacial score (nSPS) is 13.7. The lowest BCUT2D eigenvalue weighted by atomic mass is 9.92. The molecule has 116 valence electrons. The molecule has 0 bridgehead atoms. The van der Waals surface area contributed by atoms with Gasteiger partial charge < -0.3 is 15.7 Å². The number of hydrogen-bond acceptors (Lipinski definition) is 3. The second-order valence-electron chi connectivity index (χ2n) is 5.27. The first kappa shape index (κ1) is 17.8. The molecule has 0 heterocycles. The summed E-state index contributed by atoms with van der Waals surface area (Å²) in [5.74, 6) is -1.80. The summed E-state index contributed by atoms with van der Waals surface area (Å²) in [5, 5.41) is 15.4. The number of halogens is 2. The standard InChI is InChI=1S/C14H18Cl2N2O3/c1-8(2)14(3,21)7-17-12(19)13(20)18-11-6-9(15)4-5-10(11)16/h4-6,8,21H,7H2,1-3H3,(H,17,19)(H,18,20). The summed E-state index contributed by atoms with van der Waals surface area (Å²) in [6.45, 7) is 5.19. The highest BCUT2D eigenvalue weighted by molar-refractivity contribution is 6.42. The fourth-order valence-electron chi connectivity index (χ4n) is 1.32. The van der Waals surface area contributed by atoms with Crippen molar-refractivity contribution in [1.82, 2.24) is 5.32 Å². The highest BCUT2D eigenvalue weighted by Gasteiger charge is 2.26. The van der Waals surface area contributed by atoms with Crippen LogP contribution in [0.25, 0.3) is 0 Å². The maximum absolute atomic E-state index is 11.8. The summed E-state index contributed by atoms with van der Waals surface area (Å²) >= 11 is 11.7. The van der Waals surface area contributed by atoms with Crippen molar-refractivity contribution in [1.29, 1.82) is 0 Å². The lowest BCUT2D eigenvalue weighted by molar-refractivity contribution is -0.137. The van der Waals surface area contributed by atoms with Gasteiger partial charge in [0.25, 0.3) is 0 Å². The summed E-state index contributed by atoms with van der Waals surface area (Å²) < 4.78 is 0. The fourth-order valence-corrected chi connectivity index (χ4v) is 1.65. The summed E-state index contributed by atoms with van der Waals surface area (Å²) in [6.07, 6.45) is 0. The molecule has 0 fully saturated rings. The monoisotopic (exact) mass is 332 g/mol. The van der Waals surface area contributed by atoms with E-state index in [0.29, 0.717) is 5.02 Å². The lowest BCUT2D eigenvalue weighted by Gasteiger charge is -2.27. The Labute approximate surface area is 133 Å². The van der Waals surface area contributed by atoms with Crippen molar-refractivity contribution in [2.75, 3.05) is 11.9 Å². The number of carbonyl (C=O) groups excluding carboxylic acids is 2. The van der Waals surface area contributed by atoms with Crippen molar-refractivity contribution in [3.8, 4) is 0 Å². The summed E-state index contributed by atoms with van der Waals surface area (Å²) in [6, 6.07) is 4.53. The average Bonchev–Trinajstić information content (AvgIpc) is 2.40. The zero-order chi connectivity index (χ0) is 16.2. The number of benzene rings is 1. The smallest absolute Gasteiger partial charge is 0.313 e. The van der Waals surface area contributed by atoms with Crippen LogP contribution in [0.1, 0.15) is 20.8 Å². The molecule has 0 aliphatic carbocycles. The van der Waals surface area contributed by atoms with Crippen LogP contribution in [0.15, 0.2) is 18.2 Å². The number of nitrogens with one attached hydrogen (secondary N) is 2. The van der Waals surface area contributed by atoms with Gasteiger partial charge in [-0.15, -0.1) is 0 Å². The largest absolute Gasteiger partial charge is 0.388 e. The van der Waals surface area contributed by atoms with E-state index in [1.54, 1.807) is 13.0 Å². The summed E-state index contributed by atoms with van der Waals surface area (Å²) in [5.41, 5.74) is -0.844. The molecule has 0 aromatic heterocycles. The van der Waals surface area contributed by atoms with E-state index in [4.69, 9.17) is 23.2 Å². The van der Waals surface area contributed by atoms with Gasteiger partial charge in [0.15, 0.2) is 0 Å². The maximum atomic E-state index is 11.8. The number of anilines is 1. The number of hydrogen-bond donors (Lipinski definition) is 3. The predicted octanol–water partition coefficient (Wildman–Crippen LogP) is 2.46. The maximum Gasteiger partial charge on any atom is 0.313 e. The molecular formula is C14H18Cl2N2O3. The van der Waals surface area contributed by atoms with Gasteiger partial charge in [0, 0.05) is 11.6 Å². The van der Waals surface area contributed by atoms with Gasteiger partial charge in [-0.25, -0.2) is 0 Å². The highest BCUT2D eigenvalue weighted by atomic mass is 35.5. The van der Waals surface area contributed by atoms with E-state index in [1.807, 2.05) is 13.8 Å². The molecule has 0 aliphatic rings. The van der Waals surface area contributed by atoms with Crippen LogP contribution in [0.5, 0.6) is 0 Å². The lowest BCUT2D eigenvalue weighted by Crippen LogP contribution is -2.47. The minimum Gasteiger partial charge on any atom is -0.388 e. The van der Waals surface area contributed by atoms with Crippen molar-refractivity contribution in [3.05, 3.63) is 28.2 Å². The van der Waals surface area contributed by atoms with Crippen molar-refractivity contribution >= 4 is 40.7 Å².